The van der Waals surface area contributed by atoms with E-state index in [4.69, 9.17) is 0 Å². The van der Waals surface area contributed by atoms with Crippen LogP contribution in [0.25, 0.3) is 0 Å². The summed E-state index contributed by atoms with van der Waals surface area (Å²) < 4.78 is 0. The zero-order chi connectivity index (χ0) is 14.0. The Labute approximate surface area is 121 Å². The minimum absolute atomic E-state index is 0.315. The lowest BCUT2D eigenvalue weighted by Crippen LogP contribution is -2.59. The van der Waals surface area contributed by atoms with E-state index in [-0.39, 0.29) is 0 Å². The zero-order valence-electron chi connectivity index (χ0n) is 12.9. The molecule has 1 aromatic rings. The van der Waals surface area contributed by atoms with Crippen molar-refractivity contribution in [3.05, 3.63) is 16.1 Å². The van der Waals surface area contributed by atoms with Gasteiger partial charge in [-0.25, -0.2) is 4.98 Å². The first-order chi connectivity index (χ1) is 8.90. The third-order valence-electron chi connectivity index (χ3n) is 4.03. The molecule has 108 valence electrons. The SMILES string of the molecule is CCc1cnc(CN2CC(C(C)(C)C)NCC2C)s1. The number of thiazole rings is 1. The molecule has 3 nitrogen and oxygen atoms in total. The van der Waals surface area contributed by atoms with Gasteiger partial charge >= 0.3 is 0 Å². The van der Waals surface area contributed by atoms with Crippen LogP contribution in [-0.2, 0) is 13.0 Å². The van der Waals surface area contributed by atoms with Crippen LogP contribution < -0.4 is 5.32 Å². The van der Waals surface area contributed by atoms with Crippen molar-refractivity contribution < 1.29 is 0 Å². The van der Waals surface area contributed by atoms with Gasteiger partial charge in [0.15, 0.2) is 0 Å². The average molecular weight is 281 g/mol. The first-order valence-electron chi connectivity index (χ1n) is 7.31. The summed E-state index contributed by atoms with van der Waals surface area (Å²) >= 11 is 1.86. The fourth-order valence-electron chi connectivity index (χ4n) is 2.48. The molecule has 1 fully saturated rings. The smallest absolute Gasteiger partial charge is 0.107 e. The summed E-state index contributed by atoms with van der Waals surface area (Å²) in [5.74, 6) is 0. The van der Waals surface area contributed by atoms with E-state index in [1.54, 1.807) is 0 Å². The summed E-state index contributed by atoms with van der Waals surface area (Å²) in [4.78, 5) is 8.53. The van der Waals surface area contributed by atoms with E-state index in [0.29, 0.717) is 17.5 Å². The van der Waals surface area contributed by atoms with Crippen LogP contribution in [0.1, 0.15) is 44.5 Å². The molecule has 2 atom stereocenters. The zero-order valence-corrected chi connectivity index (χ0v) is 13.7. The van der Waals surface area contributed by atoms with Gasteiger partial charge < -0.3 is 5.32 Å². The maximum atomic E-state index is 4.56. The maximum Gasteiger partial charge on any atom is 0.107 e. The topological polar surface area (TPSA) is 28.2 Å². The number of aryl methyl sites for hydroxylation is 1. The molecule has 1 aromatic heterocycles. The van der Waals surface area contributed by atoms with Crippen LogP contribution >= 0.6 is 11.3 Å². The molecule has 2 rings (SSSR count). The number of nitrogens with one attached hydrogen (secondary N) is 1. The molecule has 2 heterocycles. The normalized spacial score (nSPS) is 25.7. The van der Waals surface area contributed by atoms with Gasteiger partial charge in [0.05, 0.1) is 6.54 Å². The predicted octanol–water partition coefficient (Wildman–Crippen LogP) is 2.91. The highest BCUT2D eigenvalue weighted by atomic mass is 32.1. The van der Waals surface area contributed by atoms with Crippen molar-refractivity contribution in [1.82, 2.24) is 15.2 Å². The molecule has 2 unspecified atom stereocenters. The summed E-state index contributed by atoms with van der Waals surface area (Å²) in [6.07, 6.45) is 3.13. The number of nitrogens with zero attached hydrogens (tertiary/aromatic N) is 2. The quantitative estimate of drug-likeness (QED) is 0.923. The molecule has 1 aliphatic rings. The fourth-order valence-corrected chi connectivity index (χ4v) is 3.37. The first-order valence-corrected chi connectivity index (χ1v) is 8.12. The monoisotopic (exact) mass is 281 g/mol. The molecular formula is C15H27N3S. The molecule has 0 bridgehead atoms. The van der Waals surface area contributed by atoms with Crippen LogP contribution in [0.4, 0.5) is 0 Å². The maximum absolute atomic E-state index is 4.56. The fraction of sp³-hybridized carbons (Fsp3) is 0.800. The lowest BCUT2D eigenvalue weighted by atomic mass is 9.85. The Morgan fingerprint density at radius 1 is 1.47 bits per heavy atom. The van der Waals surface area contributed by atoms with E-state index >= 15 is 0 Å². The van der Waals surface area contributed by atoms with Gasteiger partial charge in [0.2, 0.25) is 0 Å². The molecule has 19 heavy (non-hydrogen) atoms. The minimum Gasteiger partial charge on any atom is -0.311 e. The first kappa shape index (κ1) is 14.9. The standard InChI is InChI=1S/C15H27N3S/c1-6-12-8-17-14(19-12)10-18-9-13(15(3,4)5)16-7-11(18)2/h8,11,13,16H,6-7,9-10H2,1-5H3. The Morgan fingerprint density at radius 3 is 2.79 bits per heavy atom. The molecule has 0 aromatic carbocycles. The van der Waals surface area contributed by atoms with E-state index in [2.05, 4.69) is 49.8 Å². The molecular weight excluding hydrogens is 254 g/mol. The van der Waals surface area contributed by atoms with Crippen LogP contribution in [0.2, 0.25) is 0 Å². The van der Waals surface area contributed by atoms with E-state index in [9.17, 15) is 0 Å². The second-order valence-electron chi connectivity index (χ2n) is 6.68. The highest BCUT2D eigenvalue weighted by molar-refractivity contribution is 7.11. The molecule has 0 spiro atoms. The minimum atomic E-state index is 0.315. The molecule has 1 saturated heterocycles. The van der Waals surface area contributed by atoms with Crippen LogP contribution in [0, 0.1) is 5.41 Å². The van der Waals surface area contributed by atoms with Crippen LogP contribution in [0.3, 0.4) is 0 Å². The van der Waals surface area contributed by atoms with Crippen molar-refractivity contribution in [2.75, 3.05) is 13.1 Å². The molecule has 0 radical (unpaired) electrons. The van der Waals surface area contributed by atoms with Crippen molar-refractivity contribution in [1.29, 1.82) is 0 Å². The van der Waals surface area contributed by atoms with Gasteiger partial charge in [-0.2, -0.15) is 0 Å². The number of hydrogen-bond acceptors (Lipinski definition) is 4. The van der Waals surface area contributed by atoms with Gasteiger partial charge in [0.25, 0.3) is 0 Å². The van der Waals surface area contributed by atoms with Gasteiger partial charge in [0, 0.05) is 36.2 Å². The molecule has 1 N–H and O–H groups in total. The number of piperazine rings is 1. The van der Waals surface area contributed by atoms with E-state index in [0.717, 1.165) is 26.1 Å². The van der Waals surface area contributed by atoms with Crippen LogP contribution in [-0.4, -0.2) is 35.1 Å². The third kappa shape index (κ3) is 3.77. The molecule has 1 aliphatic heterocycles. The molecule has 0 amide bonds. The lowest BCUT2D eigenvalue weighted by Gasteiger charge is -2.43. The lowest BCUT2D eigenvalue weighted by molar-refractivity contribution is 0.0876. The molecule has 0 saturated carbocycles. The van der Waals surface area contributed by atoms with Gasteiger partial charge in [-0.3, -0.25) is 4.90 Å². The second kappa shape index (κ2) is 5.90. The van der Waals surface area contributed by atoms with Crippen LogP contribution in [0.5, 0.6) is 0 Å². The highest BCUT2D eigenvalue weighted by Gasteiger charge is 2.32. The Morgan fingerprint density at radius 2 is 2.21 bits per heavy atom. The number of hydrogen-bond donors (Lipinski definition) is 1. The summed E-state index contributed by atoms with van der Waals surface area (Å²) in [5, 5.41) is 4.94. The molecule has 0 aliphatic carbocycles. The van der Waals surface area contributed by atoms with Crippen molar-refractivity contribution in [3.8, 4) is 0 Å². The second-order valence-corrected chi connectivity index (χ2v) is 7.88. The Hall–Kier alpha value is -0.450. The summed E-state index contributed by atoms with van der Waals surface area (Å²) in [5.41, 5.74) is 0.315. The van der Waals surface area contributed by atoms with Gasteiger partial charge in [0.1, 0.15) is 5.01 Å². The van der Waals surface area contributed by atoms with Gasteiger partial charge in [-0.15, -0.1) is 11.3 Å². The average Bonchev–Trinajstić information content (AvgIpc) is 2.78. The molecule has 4 heteroatoms. The predicted molar refractivity (Wildman–Crippen MR) is 82.6 cm³/mol. The summed E-state index contributed by atoms with van der Waals surface area (Å²) in [6.45, 7) is 14.6. The van der Waals surface area contributed by atoms with Gasteiger partial charge in [-0.1, -0.05) is 27.7 Å². The van der Waals surface area contributed by atoms with Crippen molar-refractivity contribution >= 4 is 11.3 Å². The van der Waals surface area contributed by atoms with Gasteiger partial charge in [-0.05, 0) is 18.8 Å². The van der Waals surface area contributed by atoms with Crippen molar-refractivity contribution in [2.45, 2.75) is 59.7 Å². The van der Waals surface area contributed by atoms with E-state index < -0.39 is 0 Å². The Balaban J connectivity index is 2.01. The summed E-state index contributed by atoms with van der Waals surface area (Å²) in [7, 11) is 0. The van der Waals surface area contributed by atoms with Crippen molar-refractivity contribution in [2.24, 2.45) is 5.41 Å². The van der Waals surface area contributed by atoms with E-state index in [1.807, 2.05) is 17.5 Å². The van der Waals surface area contributed by atoms with E-state index in [1.165, 1.54) is 9.88 Å². The largest absolute Gasteiger partial charge is 0.311 e. The number of rotatable bonds is 3. The Bertz CT molecular complexity index is 408. The Kier molecular flexibility index (Phi) is 4.64. The number of aromatic nitrogens is 1. The summed E-state index contributed by atoms with van der Waals surface area (Å²) in [6, 6.07) is 1.15. The third-order valence-corrected chi connectivity index (χ3v) is 5.16. The van der Waals surface area contributed by atoms with Crippen LogP contribution in [0.15, 0.2) is 6.20 Å². The highest BCUT2D eigenvalue weighted by Crippen LogP contribution is 2.25. The van der Waals surface area contributed by atoms with Crippen molar-refractivity contribution in [3.63, 3.8) is 0 Å².